The second-order valence-corrected chi connectivity index (χ2v) is 4.32. The molecule has 2 unspecified atom stereocenters. The molecule has 0 saturated heterocycles. The molecule has 1 amide bonds. The number of hydrogen-bond acceptors (Lipinski definition) is 5. The van der Waals surface area contributed by atoms with Crippen molar-refractivity contribution in [1.29, 1.82) is 0 Å². The maximum Gasteiger partial charge on any atom is 0.333 e. The van der Waals surface area contributed by atoms with Crippen LogP contribution in [-0.2, 0) is 19.1 Å². The second-order valence-electron chi connectivity index (χ2n) is 4.32. The van der Waals surface area contributed by atoms with Crippen molar-refractivity contribution in [1.82, 2.24) is 5.32 Å². The average Bonchev–Trinajstić information content (AvgIpc) is 2.25. The number of rotatable bonds is 7. The maximum absolute atomic E-state index is 11.6. The standard InChI is InChI=1S/C11H22N2O4.ClH/c1-8(12)5-6-9(14)13-11(2,7-16-3)10(15)17-4;/h8H,5-7,12H2,1-4H3,(H,13,14);1H. The summed E-state index contributed by atoms with van der Waals surface area (Å²) in [7, 11) is 2.72. The van der Waals surface area contributed by atoms with Gasteiger partial charge in [-0.05, 0) is 20.3 Å². The first-order chi connectivity index (χ1) is 7.85. The maximum atomic E-state index is 11.6. The lowest BCUT2D eigenvalue weighted by atomic mass is 10.0. The van der Waals surface area contributed by atoms with Gasteiger partial charge >= 0.3 is 5.97 Å². The van der Waals surface area contributed by atoms with Gasteiger partial charge in [-0.2, -0.15) is 0 Å². The van der Waals surface area contributed by atoms with Gasteiger partial charge in [0.2, 0.25) is 5.91 Å². The number of carbonyl (C=O) groups excluding carboxylic acids is 2. The third-order valence-electron chi connectivity index (χ3n) is 2.31. The van der Waals surface area contributed by atoms with Crippen molar-refractivity contribution in [2.24, 2.45) is 5.73 Å². The Labute approximate surface area is 114 Å². The van der Waals surface area contributed by atoms with E-state index < -0.39 is 11.5 Å². The summed E-state index contributed by atoms with van der Waals surface area (Å²) in [4.78, 5) is 23.2. The van der Waals surface area contributed by atoms with Gasteiger partial charge in [0.15, 0.2) is 5.54 Å². The van der Waals surface area contributed by atoms with E-state index in [1.54, 1.807) is 6.92 Å². The SMILES string of the molecule is COCC(C)(NC(=O)CCC(C)N)C(=O)OC.Cl. The van der Waals surface area contributed by atoms with Crippen LogP contribution in [-0.4, -0.2) is 44.3 Å². The number of halogens is 1. The summed E-state index contributed by atoms with van der Waals surface area (Å²) in [6, 6.07) is -0.0486. The summed E-state index contributed by atoms with van der Waals surface area (Å²) >= 11 is 0. The minimum absolute atomic E-state index is 0. The van der Waals surface area contributed by atoms with Crippen LogP contribution in [0, 0.1) is 0 Å². The molecule has 0 aromatic heterocycles. The van der Waals surface area contributed by atoms with E-state index >= 15 is 0 Å². The van der Waals surface area contributed by atoms with Gasteiger partial charge in [0.1, 0.15) is 0 Å². The number of carbonyl (C=O) groups is 2. The largest absolute Gasteiger partial charge is 0.467 e. The smallest absolute Gasteiger partial charge is 0.333 e. The van der Waals surface area contributed by atoms with Crippen LogP contribution in [0.1, 0.15) is 26.7 Å². The van der Waals surface area contributed by atoms with E-state index in [1.165, 1.54) is 14.2 Å². The van der Waals surface area contributed by atoms with Crippen LogP contribution in [0.5, 0.6) is 0 Å². The molecule has 0 aromatic rings. The summed E-state index contributed by atoms with van der Waals surface area (Å²) in [6.45, 7) is 3.44. The van der Waals surface area contributed by atoms with Crippen molar-refractivity contribution in [2.45, 2.75) is 38.3 Å². The Morgan fingerprint density at radius 2 is 1.94 bits per heavy atom. The Balaban J connectivity index is 0. The van der Waals surface area contributed by atoms with Crippen molar-refractivity contribution in [3.05, 3.63) is 0 Å². The van der Waals surface area contributed by atoms with Crippen molar-refractivity contribution in [2.75, 3.05) is 20.8 Å². The first-order valence-electron chi connectivity index (χ1n) is 5.49. The molecule has 2 atom stereocenters. The molecule has 0 saturated carbocycles. The fourth-order valence-electron chi connectivity index (χ4n) is 1.39. The van der Waals surface area contributed by atoms with Crippen LogP contribution >= 0.6 is 12.4 Å². The van der Waals surface area contributed by atoms with E-state index in [1.807, 2.05) is 6.92 Å². The van der Waals surface area contributed by atoms with Gasteiger partial charge in [0, 0.05) is 19.6 Å². The summed E-state index contributed by atoms with van der Waals surface area (Å²) in [5.74, 6) is -0.777. The summed E-state index contributed by atoms with van der Waals surface area (Å²) in [5.41, 5.74) is 4.40. The Morgan fingerprint density at radius 1 is 1.39 bits per heavy atom. The predicted molar refractivity (Wildman–Crippen MR) is 70.6 cm³/mol. The quantitative estimate of drug-likeness (QED) is 0.652. The molecular formula is C11H23ClN2O4. The zero-order valence-electron chi connectivity index (χ0n) is 11.3. The molecule has 0 fully saturated rings. The Morgan fingerprint density at radius 3 is 2.33 bits per heavy atom. The van der Waals surface area contributed by atoms with Crippen LogP contribution in [0.2, 0.25) is 0 Å². The molecule has 6 nitrogen and oxygen atoms in total. The monoisotopic (exact) mass is 282 g/mol. The van der Waals surface area contributed by atoms with Crippen molar-refractivity contribution in [3.63, 3.8) is 0 Å². The highest BCUT2D eigenvalue weighted by molar-refractivity contribution is 5.87. The third kappa shape index (κ3) is 6.78. The number of ether oxygens (including phenoxy) is 2. The molecule has 3 N–H and O–H groups in total. The Hall–Kier alpha value is -0.850. The first-order valence-corrected chi connectivity index (χ1v) is 5.49. The number of methoxy groups -OCH3 is 2. The first kappa shape index (κ1) is 19.5. The molecule has 0 aromatic carbocycles. The molecule has 0 aliphatic heterocycles. The molecule has 0 radical (unpaired) electrons. The average molecular weight is 283 g/mol. The lowest BCUT2D eigenvalue weighted by molar-refractivity contribution is -0.152. The van der Waals surface area contributed by atoms with Crippen LogP contribution < -0.4 is 11.1 Å². The topological polar surface area (TPSA) is 90.6 Å². The van der Waals surface area contributed by atoms with Crippen LogP contribution in [0.15, 0.2) is 0 Å². The Bertz CT molecular complexity index is 274. The highest BCUT2D eigenvalue weighted by Gasteiger charge is 2.36. The van der Waals surface area contributed by atoms with Gasteiger partial charge in [0.05, 0.1) is 13.7 Å². The molecule has 18 heavy (non-hydrogen) atoms. The van der Waals surface area contributed by atoms with Gasteiger partial charge in [0.25, 0.3) is 0 Å². The molecule has 0 heterocycles. The molecule has 7 heteroatoms. The van der Waals surface area contributed by atoms with E-state index in [0.29, 0.717) is 6.42 Å². The number of amides is 1. The molecule has 0 aliphatic carbocycles. The fraction of sp³-hybridized carbons (Fsp3) is 0.818. The van der Waals surface area contributed by atoms with Gasteiger partial charge in [-0.15, -0.1) is 12.4 Å². The fourth-order valence-corrected chi connectivity index (χ4v) is 1.39. The molecule has 0 aliphatic rings. The lowest BCUT2D eigenvalue weighted by Crippen LogP contribution is -2.56. The predicted octanol–water partition coefficient (Wildman–Crippen LogP) is 0.230. The van der Waals surface area contributed by atoms with E-state index in [9.17, 15) is 9.59 Å². The minimum atomic E-state index is -1.15. The lowest BCUT2D eigenvalue weighted by Gasteiger charge is -2.27. The third-order valence-corrected chi connectivity index (χ3v) is 2.31. The van der Waals surface area contributed by atoms with E-state index in [2.05, 4.69) is 10.1 Å². The highest BCUT2D eigenvalue weighted by atomic mass is 35.5. The summed E-state index contributed by atoms with van der Waals surface area (Å²) < 4.78 is 9.55. The van der Waals surface area contributed by atoms with E-state index in [-0.39, 0.29) is 37.4 Å². The van der Waals surface area contributed by atoms with Crippen LogP contribution in [0.4, 0.5) is 0 Å². The normalized spacial score (nSPS) is 14.9. The zero-order valence-corrected chi connectivity index (χ0v) is 12.1. The van der Waals surface area contributed by atoms with Crippen molar-refractivity contribution in [3.8, 4) is 0 Å². The van der Waals surface area contributed by atoms with Gasteiger partial charge in [-0.3, -0.25) is 4.79 Å². The highest BCUT2D eigenvalue weighted by Crippen LogP contribution is 2.08. The van der Waals surface area contributed by atoms with Gasteiger partial charge < -0.3 is 20.5 Å². The van der Waals surface area contributed by atoms with Gasteiger partial charge in [-0.1, -0.05) is 0 Å². The molecule has 0 rings (SSSR count). The minimum Gasteiger partial charge on any atom is -0.467 e. The number of nitrogens with one attached hydrogen (secondary N) is 1. The van der Waals surface area contributed by atoms with Gasteiger partial charge in [-0.25, -0.2) is 4.79 Å². The summed E-state index contributed by atoms with van der Waals surface area (Å²) in [5, 5.41) is 2.61. The zero-order chi connectivity index (χ0) is 13.5. The molecular weight excluding hydrogens is 260 g/mol. The second kappa shape index (κ2) is 9.13. The molecule has 0 bridgehead atoms. The van der Waals surface area contributed by atoms with Crippen molar-refractivity contribution < 1.29 is 19.1 Å². The van der Waals surface area contributed by atoms with Crippen LogP contribution in [0.25, 0.3) is 0 Å². The summed E-state index contributed by atoms with van der Waals surface area (Å²) in [6.07, 6.45) is 0.837. The Kier molecular flexibility index (Phi) is 9.88. The van der Waals surface area contributed by atoms with E-state index in [0.717, 1.165) is 0 Å². The molecule has 0 spiro atoms. The van der Waals surface area contributed by atoms with Crippen molar-refractivity contribution >= 4 is 24.3 Å². The van der Waals surface area contributed by atoms with E-state index in [4.69, 9.17) is 10.5 Å². The van der Waals surface area contributed by atoms with Crippen LogP contribution in [0.3, 0.4) is 0 Å². The number of nitrogens with two attached hydrogens (primary N) is 1. The number of hydrogen-bond donors (Lipinski definition) is 2. The number of esters is 1. The molecule has 108 valence electrons.